The number of carbonyl (C=O) groups is 2. The van der Waals surface area contributed by atoms with Crippen LogP contribution in [0, 0.1) is 5.92 Å². The minimum Gasteiger partial charge on any atom is -0.349 e. The summed E-state index contributed by atoms with van der Waals surface area (Å²) in [5.74, 6) is 0.348. The Kier molecular flexibility index (Phi) is 5.52. The number of benzene rings is 2. The maximum absolute atomic E-state index is 12.6. The predicted octanol–water partition coefficient (Wildman–Crippen LogP) is 4.05. The summed E-state index contributed by atoms with van der Waals surface area (Å²) in [6.45, 7) is 1.96. The van der Waals surface area contributed by atoms with Gasteiger partial charge in [0.1, 0.15) is 0 Å². The molecule has 3 atom stereocenters. The van der Waals surface area contributed by atoms with Gasteiger partial charge in [0.2, 0.25) is 5.91 Å². The van der Waals surface area contributed by atoms with Crippen LogP contribution in [-0.2, 0) is 11.8 Å². The summed E-state index contributed by atoms with van der Waals surface area (Å²) in [6.07, 6.45) is 4.67. The van der Waals surface area contributed by atoms with Crippen LogP contribution in [0.4, 0.5) is 16.2 Å². The van der Waals surface area contributed by atoms with Gasteiger partial charge in [-0.2, -0.15) is 5.10 Å². The van der Waals surface area contributed by atoms with Gasteiger partial charge >= 0.3 is 6.03 Å². The lowest BCUT2D eigenvalue weighted by molar-refractivity contribution is -0.123. The second kappa shape index (κ2) is 8.41. The molecule has 0 saturated heterocycles. The molecule has 4 rings (SSSR count). The topological polar surface area (TPSA) is 88.1 Å². The molecule has 7 nitrogen and oxygen atoms in total. The van der Waals surface area contributed by atoms with Gasteiger partial charge < -0.3 is 16.0 Å². The molecule has 2 aromatic carbocycles. The van der Waals surface area contributed by atoms with E-state index in [-0.39, 0.29) is 29.8 Å². The number of aromatic nitrogens is 2. The first-order valence-corrected chi connectivity index (χ1v) is 10.0. The van der Waals surface area contributed by atoms with Crippen molar-refractivity contribution >= 4 is 23.3 Å². The Labute approximate surface area is 175 Å². The summed E-state index contributed by atoms with van der Waals surface area (Å²) in [4.78, 5) is 24.7. The van der Waals surface area contributed by atoms with Gasteiger partial charge in [0.25, 0.3) is 0 Å². The van der Waals surface area contributed by atoms with Crippen LogP contribution in [0.3, 0.4) is 0 Å². The quantitative estimate of drug-likeness (QED) is 0.580. The molecule has 1 aliphatic rings. The largest absolute Gasteiger partial charge is 0.349 e. The van der Waals surface area contributed by atoms with E-state index in [2.05, 4.69) is 21.0 Å². The van der Waals surface area contributed by atoms with E-state index in [1.165, 1.54) is 0 Å². The molecule has 0 radical (unpaired) electrons. The summed E-state index contributed by atoms with van der Waals surface area (Å²) in [5, 5.41) is 12.9. The molecule has 30 heavy (non-hydrogen) atoms. The molecule has 1 saturated carbocycles. The number of nitrogens with one attached hydrogen (secondary N) is 3. The van der Waals surface area contributed by atoms with Crippen LogP contribution >= 0.6 is 0 Å². The second-order valence-electron chi connectivity index (χ2n) is 7.69. The fraction of sp³-hybridized carbons (Fsp3) is 0.261. The van der Waals surface area contributed by atoms with Crippen molar-refractivity contribution in [3.05, 3.63) is 78.1 Å². The SMILES string of the molecule is CC(NC(=O)C1CC1c1cnn(C)c1)c1ccc(NC(=O)Nc2ccccc2)cc1. The monoisotopic (exact) mass is 403 g/mol. The van der Waals surface area contributed by atoms with Gasteiger partial charge in [-0.05, 0) is 54.7 Å². The Bertz CT molecular complexity index is 1030. The molecular weight excluding hydrogens is 378 g/mol. The van der Waals surface area contributed by atoms with E-state index in [9.17, 15) is 9.59 Å². The van der Waals surface area contributed by atoms with Gasteiger partial charge in [-0.1, -0.05) is 30.3 Å². The Hall–Kier alpha value is -3.61. The molecule has 3 unspecified atom stereocenters. The number of anilines is 2. The van der Waals surface area contributed by atoms with Crippen LogP contribution in [0.15, 0.2) is 67.0 Å². The molecule has 0 aliphatic heterocycles. The van der Waals surface area contributed by atoms with Gasteiger partial charge in [-0.25, -0.2) is 4.79 Å². The molecule has 3 amide bonds. The number of hydrogen-bond donors (Lipinski definition) is 3. The normalized spacial score (nSPS) is 18.3. The van der Waals surface area contributed by atoms with Gasteiger partial charge in [-0.15, -0.1) is 0 Å². The van der Waals surface area contributed by atoms with E-state index in [0.29, 0.717) is 5.69 Å². The molecule has 1 heterocycles. The Morgan fingerprint density at radius 3 is 2.33 bits per heavy atom. The van der Waals surface area contributed by atoms with Gasteiger partial charge in [0.05, 0.1) is 12.2 Å². The highest BCUT2D eigenvalue weighted by Crippen LogP contribution is 2.47. The van der Waals surface area contributed by atoms with Crippen LogP contribution < -0.4 is 16.0 Å². The summed E-state index contributed by atoms with van der Waals surface area (Å²) in [7, 11) is 1.88. The third kappa shape index (κ3) is 4.68. The molecule has 1 aliphatic carbocycles. The highest BCUT2D eigenvalue weighted by Gasteiger charge is 2.44. The number of urea groups is 1. The molecule has 7 heteroatoms. The smallest absolute Gasteiger partial charge is 0.323 e. The second-order valence-corrected chi connectivity index (χ2v) is 7.69. The fourth-order valence-corrected chi connectivity index (χ4v) is 3.56. The number of amides is 3. The molecule has 3 N–H and O–H groups in total. The van der Waals surface area contributed by atoms with Crippen molar-refractivity contribution in [2.45, 2.75) is 25.3 Å². The first-order valence-electron chi connectivity index (χ1n) is 10.0. The molecule has 154 valence electrons. The van der Waals surface area contributed by atoms with Crippen LogP contribution in [-0.4, -0.2) is 21.7 Å². The van der Waals surface area contributed by atoms with Crippen molar-refractivity contribution in [1.82, 2.24) is 15.1 Å². The number of aryl methyl sites for hydroxylation is 1. The summed E-state index contributed by atoms with van der Waals surface area (Å²) >= 11 is 0. The zero-order valence-corrected chi connectivity index (χ0v) is 17.0. The number of rotatable bonds is 6. The standard InChI is InChI=1S/C23H25N5O2/c1-15(25-22(29)21-12-20(21)17-13-24-28(2)14-17)16-8-10-19(11-9-16)27-23(30)26-18-6-4-3-5-7-18/h3-11,13-15,20-21H,12H2,1-2H3,(H,25,29)(H2,26,27,30). The molecule has 0 spiro atoms. The van der Waals surface area contributed by atoms with Crippen molar-refractivity contribution in [2.75, 3.05) is 10.6 Å². The minimum atomic E-state index is -0.300. The maximum atomic E-state index is 12.6. The first kappa shape index (κ1) is 19.7. The molecule has 1 aromatic heterocycles. The highest BCUT2D eigenvalue weighted by atomic mass is 16.2. The Morgan fingerprint density at radius 1 is 1.03 bits per heavy atom. The van der Waals surface area contributed by atoms with Crippen molar-refractivity contribution in [2.24, 2.45) is 13.0 Å². The Morgan fingerprint density at radius 2 is 1.70 bits per heavy atom. The fourth-order valence-electron chi connectivity index (χ4n) is 3.56. The highest BCUT2D eigenvalue weighted by molar-refractivity contribution is 5.99. The first-order chi connectivity index (χ1) is 14.5. The van der Waals surface area contributed by atoms with Crippen molar-refractivity contribution < 1.29 is 9.59 Å². The minimum absolute atomic E-state index is 0.0132. The third-order valence-electron chi connectivity index (χ3n) is 5.34. The maximum Gasteiger partial charge on any atom is 0.323 e. The number of nitrogens with zero attached hydrogens (tertiary/aromatic N) is 2. The molecule has 3 aromatic rings. The van der Waals surface area contributed by atoms with E-state index in [1.807, 2.05) is 81.0 Å². The van der Waals surface area contributed by atoms with Crippen LogP contribution in [0.25, 0.3) is 0 Å². The van der Waals surface area contributed by atoms with Crippen molar-refractivity contribution in [3.63, 3.8) is 0 Å². The molecule has 1 fully saturated rings. The zero-order chi connectivity index (χ0) is 21.1. The van der Waals surface area contributed by atoms with Gasteiger partial charge in [-0.3, -0.25) is 9.48 Å². The average Bonchev–Trinajstić information content (AvgIpc) is 3.43. The molecule has 0 bridgehead atoms. The summed E-state index contributed by atoms with van der Waals surface area (Å²) < 4.78 is 1.76. The number of carbonyl (C=O) groups excluding carboxylic acids is 2. The summed E-state index contributed by atoms with van der Waals surface area (Å²) in [6, 6.07) is 16.3. The number of hydrogen-bond acceptors (Lipinski definition) is 3. The zero-order valence-electron chi connectivity index (χ0n) is 17.0. The van der Waals surface area contributed by atoms with E-state index >= 15 is 0 Å². The average molecular weight is 403 g/mol. The van der Waals surface area contributed by atoms with Crippen molar-refractivity contribution in [3.8, 4) is 0 Å². The van der Waals surface area contributed by atoms with E-state index in [0.717, 1.165) is 23.2 Å². The van der Waals surface area contributed by atoms with Crippen LogP contribution in [0.2, 0.25) is 0 Å². The third-order valence-corrected chi connectivity index (χ3v) is 5.34. The molecular formula is C23H25N5O2. The number of para-hydroxylation sites is 1. The predicted molar refractivity (Wildman–Crippen MR) is 116 cm³/mol. The Balaban J connectivity index is 1.28. The van der Waals surface area contributed by atoms with E-state index < -0.39 is 0 Å². The van der Waals surface area contributed by atoms with E-state index in [4.69, 9.17) is 0 Å². The summed E-state index contributed by atoms with van der Waals surface area (Å²) in [5.41, 5.74) is 3.52. The van der Waals surface area contributed by atoms with Crippen LogP contribution in [0.5, 0.6) is 0 Å². The van der Waals surface area contributed by atoms with Crippen molar-refractivity contribution in [1.29, 1.82) is 0 Å². The van der Waals surface area contributed by atoms with Crippen LogP contribution in [0.1, 0.15) is 36.4 Å². The lowest BCUT2D eigenvalue weighted by Crippen LogP contribution is -2.28. The van der Waals surface area contributed by atoms with Gasteiger partial charge in [0.15, 0.2) is 0 Å². The lowest BCUT2D eigenvalue weighted by atomic mass is 10.1. The van der Waals surface area contributed by atoms with Gasteiger partial charge in [0, 0.05) is 30.5 Å². The lowest BCUT2D eigenvalue weighted by Gasteiger charge is -2.15. The van der Waals surface area contributed by atoms with E-state index in [1.54, 1.807) is 4.68 Å².